The molecule has 1 unspecified atom stereocenters. The van der Waals surface area contributed by atoms with Gasteiger partial charge in [-0.25, -0.2) is 0 Å². The highest BCUT2D eigenvalue weighted by Gasteiger charge is 2.40. The van der Waals surface area contributed by atoms with Crippen LogP contribution in [0.3, 0.4) is 0 Å². The smallest absolute Gasteiger partial charge is 0.232 e. The molecule has 4 rings (SSSR count). The first-order valence-corrected chi connectivity index (χ1v) is 12.1. The van der Waals surface area contributed by atoms with E-state index in [0.717, 1.165) is 47.6 Å². The van der Waals surface area contributed by atoms with Gasteiger partial charge in [-0.3, -0.25) is 14.5 Å². The second-order valence-corrected chi connectivity index (χ2v) is 9.07. The molecule has 1 atom stereocenters. The fraction of sp³-hybridized carbons (Fsp3) is 0.407. The van der Waals surface area contributed by atoms with Crippen molar-refractivity contribution in [1.82, 2.24) is 0 Å². The maximum absolute atomic E-state index is 13.6. The van der Waals surface area contributed by atoms with Gasteiger partial charge in [0.15, 0.2) is 5.78 Å². The van der Waals surface area contributed by atoms with Crippen LogP contribution in [-0.4, -0.2) is 31.9 Å². The number of allylic oxidation sites excluding steroid dienone is 2. The number of amides is 1. The zero-order chi connectivity index (χ0) is 23.7. The predicted molar refractivity (Wildman–Crippen MR) is 133 cm³/mol. The Labute approximate surface area is 201 Å². The highest BCUT2D eigenvalue weighted by atomic mass is 35.5. The number of anilines is 2. The Balaban J connectivity index is 1.81. The summed E-state index contributed by atoms with van der Waals surface area (Å²) >= 11 is 6.31. The lowest BCUT2D eigenvalue weighted by Gasteiger charge is -2.39. The van der Waals surface area contributed by atoms with Gasteiger partial charge < -0.3 is 9.64 Å². The van der Waals surface area contributed by atoms with Crippen LogP contribution >= 0.6 is 11.6 Å². The summed E-state index contributed by atoms with van der Waals surface area (Å²) in [7, 11) is 1.57. The van der Waals surface area contributed by atoms with Gasteiger partial charge >= 0.3 is 0 Å². The number of benzene rings is 2. The van der Waals surface area contributed by atoms with E-state index < -0.39 is 0 Å². The molecule has 5 nitrogen and oxygen atoms in total. The lowest BCUT2D eigenvalue weighted by Crippen LogP contribution is -2.40. The van der Waals surface area contributed by atoms with Crippen LogP contribution in [0.1, 0.15) is 56.6 Å². The van der Waals surface area contributed by atoms with Crippen molar-refractivity contribution in [2.75, 3.05) is 30.0 Å². The molecule has 1 amide bonds. The monoisotopic (exact) mass is 466 g/mol. The molecule has 6 heteroatoms. The van der Waals surface area contributed by atoms with Crippen LogP contribution in [0, 0.1) is 6.92 Å². The van der Waals surface area contributed by atoms with Crippen molar-refractivity contribution in [2.45, 2.75) is 52.4 Å². The molecule has 0 N–H and O–H groups in total. The van der Waals surface area contributed by atoms with Gasteiger partial charge in [0.1, 0.15) is 5.75 Å². The van der Waals surface area contributed by atoms with E-state index >= 15 is 0 Å². The summed E-state index contributed by atoms with van der Waals surface area (Å²) in [5.74, 6) is 0.421. The Morgan fingerprint density at radius 1 is 1.09 bits per heavy atom. The van der Waals surface area contributed by atoms with Gasteiger partial charge in [-0.1, -0.05) is 23.7 Å². The highest BCUT2D eigenvalue weighted by Crippen LogP contribution is 2.46. The molecular formula is C27H31ClN2O3. The molecule has 33 heavy (non-hydrogen) atoms. The Morgan fingerprint density at radius 3 is 2.42 bits per heavy atom. The average Bonchev–Trinajstić information content (AvgIpc) is 2.81. The Morgan fingerprint density at radius 2 is 1.79 bits per heavy atom. The minimum atomic E-state index is -0.221. The second-order valence-electron chi connectivity index (χ2n) is 8.66. The molecule has 1 aliphatic heterocycles. The Bertz CT molecular complexity index is 1100. The van der Waals surface area contributed by atoms with Crippen LogP contribution in [-0.2, 0) is 9.59 Å². The van der Waals surface area contributed by atoms with Crippen LogP contribution in [0.15, 0.2) is 47.7 Å². The third-order valence-corrected chi connectivity index (χ3v) is 7.21. The Hall–Kier alpha value is -2.79. The summed E-state index contributed by atoms with van der Waals surface area (Å²) in [5.41, 5.74) is 5.26. The van der Waals surface area contributed by atoms with Crippen molar-refractivity contribution in [2.24, 2.45) is 0 Å². The van der Waals surface area contributed by atoms with Crippen LogP contribution in [0.5, 0.6) is 5.75 Å². The fourth-order valence-corrected chi connectivity index (χ4v) is 5.20. The molecule has 1 heterocycles. The minimum absolute atomic E-state index is 0.0266. The maximum atomic E-state index is 13.6. The zero-order valence-corrected chi connectivity index (χ0v) is 20.5. The van der Waals surface area contributed by atoms with Gasteiger partial charge in [-0.2, -0.15) is 0 Å². The summed E-state index contributed by atoms with van der Waals surface area (Å²) in [6.07, 6.45) is 2.20. The number of rotatable bonds is 6. The molecular weight excluding hydrogens is 436 g/mol. The molecule has 0 fully saturated rings. The number of Topliss-reactive ketones (excluding diaryl/α,β-unsaturated/α-hetero) is 1. The number of nitrogens with zero attached hydrogens (tertiary/aromatic N) is 2. The summed E-state index contributed by atoms with van der Waals surface area (Å²) in [6, 6.07) is 11.9. The largest absolute Gasteiger partial charge is 0.495 e. The van der Waals surface area contributed by atoms with E-state index in [9.17, 15) is 9.59 Å². The van der Waals surface area contributed by atoms with E-state index in [-0.39, 0.29) is 24.0 Å². The lowest BCUT2D eigenvalue weighted by molar-refractivity contribution is -0.119. The quantitative estimate of drug-likeness (QED) is 0.521. The van der Waals surface area contributed by atoms with Crippen molar-refractivity contribution in [3.63, 3.8) is 0 Å². The number of methoxy groups -OCH3 is 1. The minimum Gasteiger partial charge on any atom is -0.495 e. The van der Waals surface area contributed by atoms with Crippen molar-refractivity contribution in [3.8, 4) is 5.75 Å². The van der Waals surface area contributed by atoms with E-state index in [0.29, 0.717) is 29.3 Å². The van der Waals surface area contributed by atoms with Gasteiger partial charge in [-0.15, -0.1) is 0 Å². The second kappa shape index (κ2) is 9.60. The number of carbonyl (C=O) groups is 2. The molecule has 2 aliphatic rings. The molecule has 2 aromatic carbocycles. The SMILES string of the molecule is CCN(CC)c1ccc(C2CC(=O)N(c3cc(C)c(Cl)cc3OC)C3=C2C(=O)CCC3)cc1. The van der Waals surface area contributed by atoms with Gasteiger partial charge in [0.2, 0.25) is 5.91 Å². The highest BCUT2D eigenvalue weighted by molar-refractivity contribution is 6.31. The molecule has 0 saturated carbocycles. The average molecular weight is 467 g/mol. The van der Waals surface area contributed by atoms with Crippen LogP contribution < -0.4 is 14.5 Å². The number of hydrogen-bond donors (Lipinski definition) is 0. The topological polar surface area (TPSA) is 49.9 Å². The van der Waals surface area contributed by atoms with E-state index in [4.69, 9.17) is 16.3 Å². The molecule has 174 valence electrons. The van der Waals surface area contributed by atoms with Crippen molar-refractivity contribution in [3.05, 3.63) is 63.8 Å². The van der Waals surface area contributed by atoms with E-state index in [1.807, 2.05) is 13.0 Å². The fourth-order valence-electron chi connectivity index (χ4n) is 5.05. The third-order valence-electron chi connectivity index (χ3n) is 6.80. The first kappa shape index (κ1) is 23.4. The van der Waals surface area contributed by atoms with Gasteiger partial charge in [0.05, 0.1) is 12.8 Å². The summed E-state index contributed by atoms with van der Waals surface area (Å²) in [5, 5.41) is 0.583. The molecule has 0 saturated heterocycles. The zero-order valence-electron chi connectivity index (χ0n) is 19.8. The molecule has 0 bridgehead atoms. The molecule has 0 spiro atoms. The van der Waals surface area contributed by atoms with E-state index in [1.165, 1.54) is 0 Å². The molecule has 0 radical (unpaired) electrons. The maximum Gasteiger partial charge on any atom is 0.232 e. The third kappa shape index (κ3) is 4.26. The standard InChI is InChI=1S/C27H31ClN2O3/c1-5-29(6-2)19-12-10-18(11-13-19)20-15-26(32)30(22-8-7-9-24(31)27(20)22)23-14-17(3)21(28)16-25(23)33-4/h10-14,16,20H,5-9,15H2,1-4H3. The first-order chi connectivity index (χ1) is 15.9. The molecule has 1 aliphatic carbocycles. The number of ether oxygens (including phenoxy) is 1. The number of ketones is 1. The molecule has 2 aromatic rings. The number of hydrogen-bond acceptors (Lipinski definition) is 4. The van der Waals surface area contributed by atoms with Gasteiger partial charge in [0.25, 0.3) is 0 Å². The summed E-state index contributed by atoms with van der Waals surface area (Å²) in [4.78, 5) is 30.7. The van der Waals surface area contributed by atoms with E-state index in [2.05, 4.69) is 43.0 Å². The lowest BCUT2D eigenvalue weighted by atomic mass is 9.77. The summed E-state index contributed by atoms with van der Waals surface area (Å²) in [6.45, 7) is 8.04. The summed E-state index contributed by atoms with van der Waals surface area (Å²) < 4.78 is 5.57. The van der Waals surface area contributed by atoms with E-state index in [1.54, 1.807) is 18.1 Å². The van der Waals surface area contributed by atoms with Crippen LogP contribution in [0.25, 0.3) is 0 Å². The normalized spacial score (nSPS) is 18.5. The van der Waals surface area contributed by atoms with Gasteiger partial charge in [0, 0.05) is 59.9 Å². The Kier molecular flexibility index (Phi) is 6.80. The van der Waals surface area contributed by atoms with Crippen molar-refractivity contribution in [1.29, 1.82) is 0 Å². The number of halogens is 1. The van der Waals surface area contributed by atoms with Crippen molar-refractivity contribution >= 4 is 34.7 Å². The number of aryl methyl sites for hydroxylation is 1. The molecule has 0 aromatic heterocycles. The first-order valence-electron chi connectivity index (χ1n) is 11.7. The van der Waals surface area contributed by atoms with Crippen LogP contribution in [0.2, 0.25) is 5.02 Å². The predicted octanol–water partition coefficient (Wildman–Crippen LogP) is 6.03. The van der Waals surface area contributed by atoms with Gasteiger partial charge in [-0.05, 0) is 62.9 Å². The van der Waals surface area contributed by atoms with Crippen molar-refractivity contribution < 1.29 is 14.3 Å². The number of carbonyl (C=O) groups excluding carboxylic acids is 2. The van der Waals surface area contributed by atoms with Crippen LogP contribution in [0.4, 0.5) is 11.4 Å².